The molecule has 11 rings (SSSR count). The van der Waals surface area contributed by atoms with E-state index in [1.165, 1.54) is 0 Å². The molecule has 3 aromatic carbocycles. The lowest BCUT2D eigenvalue weighted by Gasteiger charge is -2.68. The van der Waals surface area contributed by atoms with E-state index in [0.717, 1.165) is 74.0 Å². The predicted octanol–water partition coefficient (Wildman–Crippen LogP) is 4.47. The van der Waals surface area contributed by atoms with E-state index < -0.39 is 18.1 Å². The molecule has 3 N–H and O–H groups in total. The van der Waals surface area contributed by atoms with Crippen molar-refractivity contribution in [1.29, 1.82) is 0 Å². The summed E-state index contributed by atoms with van der Waals surface area (Å²) in [5, 5.41) is 7.29. The van der Waals surface area contributed by atoms with Crippen LogP contribution in [0, 0.1) is 5.41 Å². The molecule has 4 bridgehead atoms. The minimum Gasteiger partial charge on any atom is -0.374 e. The maximum absolute atomic E-state index is 14.1. The van der Waals surface area contributed by atoms with Gasteiger partial charge in [0.05, 0.1) is 39.1 Å². The van der Waals surface area contributed by atoms with E-state index in [9.17, 15) is 9.59 Å². The first-order valence-electron chi connectivity index (χ1n) is 15.3. The Bertz CT molecular complexity index is 2120. The third-order valence-corrected chi connectivity index (χ3v) is 11.5. The molecule has 0 spiro atoms. The number of rotatable bonds is 3. The summed E-state index contributed by atoms with van der Waals surface area (Å²) in [4.78, 5) is 29.6. The largest absolute Gasteiger partial charge is 0.374 e. The molecule has 5 aromatic rings. The molecule has 3 saturated carbocycles. The maximum atomic E-state index is 14.1. The van der Waals surface area contributed by atoms with Crippen molar-refractivity contribution in [3.8, 4) is 0 Å². The van der Waals surface area contributed by atoms with Crippen LogP contribution in [0.25, 0.3) is 43.6 Å². The molecular weight excluding hydrogens is 542 g/mol. The van der Waals surface area contributed by atoms with Gasteiger partial charge in [-0.3, -0.25) is 9.59 Å². The molecular formula is C34H33N5O4. The van der Waals surface area contributed by atoms with Crippen LogP contribution in [0.2, 0.25) is 0 Å². The molecule has 6 aliphatic rings. The zero-order valence-electron chi connectivity index (χ0n) is 24.4. The first kappa shape index (κ1) is 24.5. The van der Waals surface area contributed by atoms with Crippen molar-refractivity contribution < 1.29 is 19.1 Å². The maximum Gasteiger partial charge on any atom is 0.252 e. The standard InChI is InChI=1S/C34H33N5O4/c1-32-29(42-3)22(37(2)31(41)33-14-34(35,15-33)16-33)12-23(43-32)38-20-10-6-4-8-17(20)25-26-19(13-36-30(26)40)24-18-9-5-7-11-21(18)39(32)28(24)27(25)38/h4-11,22-23,29H,12-16,35H2,1-3H3,(H,36,40)/t22-,23-,29-,32+,33?,34?/m1/s1. The van der Waals surface area contributed by atoms with Gasteiger partial charge in [0.2, 0.25) is 5.91 Å². The van der Waals surface area contributed by atoms with Gasteiger partial charge in [-0.25, -0.2) is 0 Å². The number of nitrogens with zero attached hydrogens (tertiary/aromatic N) is 3. The molecule has 2 amide bonds. The Morgan fingerprint density at radius 1 is 1.05 bits per heavy atom. The molecule has 5 heterocycles. The Balaban J connectivity index is 1.32. The third kappa shape index (κ3) is 2.60. The molecule has 9 nitrogen and oxygen atoms in total. The Morgan fingerprint density at radius 3 is 2.42 bits per heavy atom. The van der Waals surface area contributed by atoms with Gasteiger partial charge in [-0.15, -0.1) is 0 Å². The molecule has 1 saturated heterocycles. The lowest BCUT2D eigenvalue weighted by atomic mass is 9.39. The second-order valence-electron chi connectivity index (χ2n) is 13.9. The van der Waals surface area contributed by atoms with Crippen molar-refractivity contribution in [2.45, 2.75) is 68.8 Å². The summed E-state index contributed by atoms with van der Waals surface area (Å²) in [6.07, 6.45) is 1.99. The summed E-state index contributed by atoms with van der Waals surface area (Å²) in [6, 6.07) is 16.4. The summed E-state index contributed by atoms with van der Waals surface area (Å²) in [5.74, 6) is 0.123. The smallest absolute Gasteiger partial charge is 0.252 e. The molecule has 218 valence electrons. The van der Waals surface area contributed by atoms with Crippen molar-refractivity contribution in [3.63, 3.8) is 0 Å². The number of likely N-dealkylation sites (N-methyl/N-ethyl adjacent to an activating group) is 1. The monoisotopic (exact) mass is 575 g/mol. The fourth-order valence-electron chi connectivity index (χ4n) is 10.0. The van der Waals surface area contributed by atoms with Crippen molar-refractivity contribution >= 4 is 55.4 Å². The number of carbonyl (C=O) groups is 2. The third-order valence-electron chi connectivity index (χ3n) is 11.5. The quantitative estimate of drug-likeness (QED) is 0.330. The van der Waals surface area contributed by atoms with Crippen LogP contribution < -0.4 is 11.1 Å². The van der Waals surface area contributed by atoms with E-state index in [1.54, 1.807) is 7.11 Å². The van der Waals surface area contributed by atoms with E-state index in [2.05, 4.69) is 57.8 Å². The number of nitrogens with one attached hydrogen (secondary N) is 1. The summed E-state index contributed by atoms with van der Waals surface area (Å²) < 4.78 is 18.3. The van der Waals surface area contributed by atoms with Crippen LogP contribution in [0.15, 0.2) is 48.5 Å². The molecule has 0 unspecified atom stereocenters. The van der Waals surface area contributed by atoms with Gasteiger partial charge >= 0.3 is 0 Å². The van der Waals surface area contributed by atoms with Crippen molar-refractivity contribution in [2.24, 2.45) is 11.1 Å². The first-order valence-corrected chi connectivity index (χ1v) is 15.3. The molecule has 9 heteroatoms. The van der Waals surface area contributed by atoms with Crippen molar-refractivity contribution in [2.75, 3.05) is 14.2 Å². The van der Waals surface area contributed by atoms with Gasteiger partial charge in [0.1, 0.15) is 12.3 Å². The summed E-state index contributed by atoms with van der Waals surface area (Å²) in [6.45, 7) is 2.59. The fourth-order valence-corrected chi connectivity index (χ4v) is 10.0. The average Bonchev–Trinajstić information content (AvgIpc) is 3.61. The normalized spacial score (nSPS) is 33.5. The van der Waals surface area contributed by atoms with E-state index in [-0.39, 0.29) is 28.8 Å². The second-order valence-corrected chi connectivity index (χ2v) is 13.9. The highest BCUT2D eigenvalue weighted by Crippen LogP contribution is 2.67. The van der Waals surface area contributed by atoms with Crippen molar-refractivity contribution in [3.05, 3.63) is 59.7 Å². The van der Waals surface area contributed by atoms with Gasteiger partial charge in [0.15, 0.2) is 5.72 Å². The molecule has 4 atom stereocenters. The number of carbonyl (C=O) groups excluding carboxylic acids is 2. The minimum atomic E-state index is -0.954. The number of aromatic nitrogens is 2. The zero-order chi connectivity index (χ0) is 29.2. The number of para-hydroxylation sites is 2. The first-order chi connectivity index (χ1) is 20.7. The van der Waals surface area contributed by atoms with Crippen LogP contribution in [0.4, 0.5) is 0 Å². The average molecular weight is 576 g/mol. The van der Waals surface area contributed by atoms with Crippen LogP contribution in [0.5, 0.6) is 0 Å². The van der Waals surface area contributed by atoms with Gasteiger partial charge in [-0.1, -0.05) is 36.4 Å². The number of hydrogen-bond donors (Lipinski definition) is 2. The lowest BCUT2D eigenvalue weighted by Crippen LogP contribution is -2.77. The van der Waals surface area contributed by atoms with E-state index in [0.29, 0.717) is 13.0 Å². The summed E-state index contributed by atoms with van der Waals surface area (Å²) in [5.41, 5.74) is 10.8. The number of amides is 2. The van der Waals surface area contributed by atoms with Crippen molar-refractivity contribution in [1.82, 2.24) is 19.4 Å². The Kier molecular flexibility index (Phi) is 4.22. The van der Waals surface area contributed by atoms with Crippen LogP contribution in [0.1, 0.15) is 54.8 Å². The lowest BCUT2D eigenvalue weighted by molar-refractivity contribution is -0.269. The van der Waals surface area contributed by atoms with Crippen LogP contribution in [-0.2, 0) is 26.5 Å². The SMILES string of the molecule is CO[C@@H]1[C@H](N(C)C(=O)C23CC(N)(C2)C3)C[C@H]2O[C@]1(C)n1c3ccccc3c3c4c(c5c6ccccc6n2c5c31)C(=O)NC4. The number of ether oxygens (including phenoxy) is 2. The number of benzene rings is 3. The Morgan fingerprint density at radius 2 is 1.72 bits per heavy atom. The Labute approximate surface area is 247 Å². The highest BCUT2D eigenvalue weighted by atomic mass is 16.6. The molecule has 3 aliphatic heterocycles. The molecule has 2 aromatic heterocycles. The van der Waals surface area contributed by atoms with E-state index in [4.69, 9.17) is 15.2 Å². The second kappa shape index (κ2) is 7.41. The number of methoxy groups -OCH3 is 1. The van der Waals surface area contributed by atoms with Gasteiger partial charge < -0.3 is 34.6 Å². The van der Waals surface area contributed by atoms with E-state index >= 15 is 0 Å². The fraction of sp³-hybridized carbons (Fsp3) is 0.412. The highest BCUT2D eigenvalue weighted by Gasteiger charge is 2.71. The van der Waals surface area contributed by atoms with E-state index in [1.807, 2.05) is 24.1 Å². The molecule has 3 aliphatic carbocycles. The summed E-state index contributed by atoms with van der Waals surface area (Å²) >= 11 is 0. The molecule has 43 heavy (non-hydrogen) atoms. The van der Waals surface area contributed by atoms with Gasteiger partial charge in [0.25, 0.3) is 5.91 Å². The van der Waals surface area contributed by atoms with Gasteiger partial charge in [0, 0.05) is 54.2 Å². The summed E-state index contributed by atoms with van der Waals surface area (Å²) in [7, 11) is 3.66. The number of nitrogens with two attached hydrogens (primary N) is 1. The Hall–Kier alpha value is -3.92. The highest BCUT2D eigenvalue weighted by molar-refractivity contribution is 6.31. The number of fused-ring (bicyclic) bond motifs is 13. The van der Waals surface area contributed by atoms with Crippen LogP contribution in [-0.4, -0.2) is 57.7 Å². The van der Waals surface area contributed by atoms with Gasteiger partial charge in [-0.05, 0) is 43.9 Å². The topological polar surface area (TPSA) is 104 Å². The number of hydrogen-bond acceptors (Lipinski definition) is 5. The molecule has 0 radical (unpaired) electrons. The predicted molar refractivity (Wildman–Crippen MR) is 163 cm³/mol. The minimum absolute atomic E-state index is 0.0369. The van der Waals surface area contributed by atoms with Crippen LogP contribution in [0.3, 0.4) is 0 Å². The zero-order valence-corrected chi connectivity index (χ0v) is 24.4. The molecule has 4 fully saturated rings. The van der Waals surface area contributed by atoms with Gasteiger partial charge in [-0.2, -0.15) is 0 Å². The van der Waals surface area contributed by atoms with Crippen LogP contribution >= 0.6 is 0 Å².